The van der Waals surface area contributed by atoms with Crippen molar-refractivity contribution in [3.8, 4) is 0 Å². The Morgan fingerprint density at radius 1 is 0.733 bits per heavy atom. The highest BCUT2D eigenvalue weighted by Gasteiger charge is 2.31. The van der Waals surface area contributed by atoms with Gasteiger partial charge in [-0.25, -0.2) is 0 Å². The lowest BCUT2D eigenvalue weighted by molar-refractivity contribution is -0.392. The van der Waals surface area contributed by atoms with Crippen LogP contribution in [0.15, 0.2) is 66.3 Å². The molecule has 5 aromatic rings. The number of methoxy groups -OCH3 is 2. The maximum absolute atomic E-state index is 12.2. The third-order valence-electron chi connectivity index (χ3n) is 12.4. The number of nitrogens with zero attached hydrogens (tertiary/aromatic N) is 7. The first-order chi connectivity index (χ1) is 35.5. The number of aromatic nitrogens is 2. The summed E-state index contributed by atoms with van der Waals surface area (Å²) in [6.07, 6.45) is 6.41. The van der Waals surface area contributed by atoms with Crippen LogP contribution in [0.1, 0.15) is 105 Å². The second-order valence-electron chi connectivity index (χ2n) is 18.0. The van der Waals surface area contributed by atoms with Gasteiger partial charge in [-0.2, -0.15) is 5.10 Å². The molecule has 0 radical (unpaired) electrons. The number of carbonyl (C=O) groups is 3. The molecule has 2 unspecified atom stereocenters. The van der Waals surface area contributed by atoms with E-state index in [0.717, 1.165) is 69.0 Å². The Kier molecular flexibility index (Phi) is 28.3. The Morgan fingerprint density at radius 2 is 1.25 bits per heavy atom. The summed E-state index contributed by atoms with van der Waals surface area (Å²) in [5.74, 6) is -0.0992. The monoisotopic (exact) mass is 1100 g/mol. The van der Waals surface area contributed by atoms with Crippen LogP contribution in [0.2, 0.25) is 0 Å². The molecule has 2 heterocycles. The number of carbonyl (C=O) groups excluding carboxylic acids is 3. The van der Waals surface area contributed by atoms with Crippen LogP contribution in [0.3, 0.4) is 0 Å². The normalized spacial score (nSPS) is 11.4. The minimum absolute atomic E-state index is 0.0109. The molecule has 2 atom stereocenters. The number of halogens is 2. The van der Waals surface area contributed by atoms with Crippen molar-refractivity contribution >= 4 is 86.4 Å². The van der Waals surface area contributed by atoms with Crippen molar-refractivity contribution in [3.63, 3.8) is 0 Å². The number of benzene rings is 3. The molecule has 0 saturated carbocycles. The zero-order valence-corrected chi connectivity index (χ0v) is 48.7. The molecule has 0 fully saturated rings. The van der Waals surface area contributed by atoms with Crippen molar-refractivity contribution in [1.29, 1.82) is 0 Å². The first kappa shape index (κ1) is 65.2. The number of nitro benzene ring substituents is 2. The fourth-order valence-electron chi connectivity index (χ4n) is 8.54. The number of rotatable bonds is 21. The number of alkyl halides is 2. The quantitative estimate of drug-likeness (QED) is 0.0417. The number of nitro groups is 2. The van der Waals surface area contributed by atoms with Gasteiger partial charge in [0.05, 0.1) is 52.2 Å². The van der Waals surface area contributed by atoms with E-state index in [0.29, 0.717) is 37.4 Å². The van der Waals surface area contributed by atoms with E-state index in [9.17, 15) is 34.6 Å². The molecule has 412 valence electrons. The Balaban J connectivity index is 0.000000343. The number of anilines is 4. The summed E-state index contributed by atoms with van der Waals surface area (Å²) >= 11 is 13.1. The minimum Gasteiger partial charge on any atom is -0.383 e. The molecule has 0 aliphatic heterocycles. The molecular formula is C55H78Cl2N8O9S. The third kappa shape index (κ3) is 18.1. The van der Waals surface area contributed by atoms with Gasteiger partial charge in [-0.15, -0.1) is 34.5 Å². The molecule has 5 rings (SSSR count). The SMILES string of the molecule is CCC(=O)N(Cn1cccn1)c1c(C)cccc1C.CCC(CC)Nc1c([N+](=O)[O-])cc(C)c(C)c1[N+](=O)[O-].CCc1cccc(C)c1N(C(=O)CCl)C(C)COC.COCC(C)N(C(=O)CCl)c1c(C)csc1C. The molecule has 2 aromatic heterocycles. The minimum atomic E-state index is -0.579. The van der Waals surface area contributed by atoms with Crippen LogP contribution in [0, 0.1) is 68.7 Å². The molecule has 0 spiro atoms. The smallest absolute Gasteiger partial charge is 0.302 e. The number of hydrogen-bond donors (Lipinski definition) is 1. The second kappa shape index (κ2) is 32.5. The molecule has 0 saturated heterocycles. The summed E-state index contributed by atoms with van der Waals surface area (Å²) in [6, 6.07) is 15.3. The predicted octanol–water partition coefficient (Wildman–Crippen LogP) is 12.8. The first-order valence-electron chi connectivity index (χ1n) is 25.0. The van der Waals surface area contributed by atoms with E-state index in [2.05, 4.69) is 28.8 Å². The van der Waals surface area contributed by atoms with Gasteiger partial charge < -0.3 is 24.6 Å². The molecule has 3 amide bonds. The van der Waals surface area contributed by atoms with Crippen LogP contribution >= 0.6 is 34.5 Å². The largest absolute Gasteiger partial charge is 0.383 e. The number of hydrogen-bond acceptors (Lipinski definition) is 12. The highest BCUT2D eigenvalue weighted by atomic mass is 35.5. The molecule has 1 N–H and O–H groups in total. The van der Waals surface area contributed by atoms with Crippen LogP contribution in [0.4, 0.5) is 34.1 Å². The van der Waals surface area contributed by atoms with E-state index < -0.39 is 9.85 Å². The van der Waals surface area contributed by atoms with Gasteiger partial charge in [0.2, 0.25) is 17.7 Å². The summed E-state index contributed by atoms with van der Waals surface area (Å²) in [4.78, 5) is 64.1. The average Bonchev–Trinajstić information content (AvgIpc) is 4.02. The Labute approximate surface area is 457 Å². The molecule has 17 nitrogen and oxygen atoms in total. The standard InChI is InChI=1S/C15H22ClNO2.C15H19N3O.C13H19N3O4.C12H18ClNO2S/c1-5-13-8-6-7-11(2)15(13)17(14(18)9-16)12(3)10-19-4;1-4-14(19)18(11-17-10-6-9-16-17)15-12(2)7-5-8-13(15)3;1-5-10(6-2)14-12-11(15(17)18)7-8(3)9(4)13(12)16(19)20;1-8-7-17-10(3)12(8)14(11(15)5-13)9(2)6-16-4/h6-8,12H,5,9-10H2,1-4H3;5-10H,4,11H2,1-3H3;7,10,14H,5-6H2,1-4H3;7,9H,5-6H2,1-4H3. The molecule has 3 aromatic carbocycles. The number of para-hydroxylation sites is 2. The van der Waals surface area contributed by atoms with E-state index in [4.69, 9.17) is 32.7 Å². The summed E-state index contributed by atoms with van der Waals surface area (Å²) in [6.45, 7) is 26.5. The highest BCUT2D eigenvalue weighted by Crippen LogP contribution is 2.40. The number of aryl methyl sites for hydroxylation is 7. The van der Waals surface area contributed by atoms with Gasteiger partial charge in [0.25, 0.3) is 5.69 Å². The lowest BCUT2D eigenvalue weighted by Crippen LogP contribution is -2.43. The Hall–Kier alpha value is -5.92. The maximum Gasteiger partial charge on any atom is 0.302 e. The summed E-state index contributed by atoms with van der Waals surface area (Å²) in [7, 11) is 3.27. The molecule has 0 aliphatic rings. The summed E-state index contributed by atoms with van der Waals surface area (Å²) < 4.78 is 12.1. The van der Waals surface area contributed by atoms with E-state index in [1.54, 1.807) is 65.0 Å². The topological polar surface area (TPSA) is 196 Å². The molecule has 75 heavy (non-hydrogen) atoms. The second-order valence-corrected chi connectivity index (χ2v) is 19.6. The van der Waals surface area contributed by atoms with Gasteiger partial charge in [-0.05, 0) is 126 Å². The van der Waals surface area contributed by atoms with Crippen LogP contribution in [0.25, 0.3) is 0 Å². The highest BCUT2D eigenvalue weighted by molar-refractivity contribution is 7.10. The Morgan fingerprint density at radius 3 is 1.67 bits per heavy atom. The van der Waals surface area contributed by atoms with Gasteiger partial charge >= 0.3 is 5.69 Å². The van der Waals surface area contributed by atoms with Crippen LogP contribution in [-0.2, 0) is 36.9 Å². The van der Waals surface area contributed by atoms with Crippen LogP contribution in [0.5, 0.6) is 0 Å². The summed E-state index contributed by atoms with van der Waals surface area (Å²) in [5.41, 5.74) is 9.05. The van der Waals surface area contributed by atoms with Crippen molar-refractivity contribution in [3.05, 3.63) is 130 Å². The molecule has 0 bridgehead atoms. The third-order valence-corrected chi connectivity index (χ3v) is 13.9. The van der Waals surface area contributed by atoms with Crippen molar-refractivity contribution in [2.45, 2.75) is 140 Å². The maximum atomic E-state index is 12.2. The van der Waals surface area contributed by atoms with E-state index >= 15 is 0 Å². The molecular weight excluding hydrogens is 1020 g/mol. The van der Waals surface area contributed by atoms with E-state index in [1.165, 1.54) is 6.07 Å². The fraction of sp³-hybridized carbons (Fsp3) is 0.491. The lowest BCUT2D eigenvalue weighted by Gasteiger charge is -2.31. The number of thiophene rings is 1. The molecule has 0 aliphatic carbocycles. The summed E-state index contributed by atoms with van der Waals surface area (Å²) in [5, 5.41) is 31.6. The van der Waals surface area contributed by atoms with Crippen molar-refractivity contribution < 1.29 is 33.7 Å². The Bertz CT molecular complexity index is 2600. The number of ether oxygens (including phenoxy) is 2. The zero-order chi connectivity index (χ0) is 56.7. The number of amides is 3. The predicted molar refractivity (Wildman–Crippen MR) is 307 cm³/mol. The molecule has 20 heteroatoms. The average molecular weight is 1100 g/mol. The van der Waals surface area contributed by atoms with Crippen LogP contribution in [-0.4, -0.2) is 94.7 Å². The first-order valence-corrected chi connectivity index (χ1v) is 26.9. The van der Waals surface area contributed by atoms with Crippen molar-refractivity contribution in [2.75, 3.05) is 59.2 Å². The van der Waals surface area contributed by atoms with Crippen LogP contribution < -0.4 is 20.0 Å². The fourth-order valence-corrected chi connectivity index (χ4v) is 9.63. The zero-order valence-electron chi connectivity index (χ0n) is 46.4. The number of nitrogens with one attached hydrogen (secondary N) is 1. The van der Waals surface area contributed by atoms with Gasteiger partial charge in [-0.3, -0.25) is 44.2 Å². The van der Waals surface area contributed by atoms with E-state index in [1.807, 2.05) is 112 Å². The van der Waals surface area contributed by atoms with Gasteiger partial charge in [0, 0.05) is 55.6 Å². The van der Waals surface area contributed by atoms with Gasteiger partial charge in [-0.1, -0.05) is 64.1 Å². The van der Waals surface area contributed by atoms with Gasteiger partial charge in [0.1, 0.15) is 18.4 Å². The van der Waals surface area contributed by atoms with Gasteiger partial charge in [0.15, 0.2) is 5.69 Å². The lowest BCUT2D eigenvalue weighted by atomic mass is 10.0. The van der Waals surface area contributed by atoms with Crippen molar-refractivity contribution in [2.24, 2.45) is 0 Å². The van der Waals surface area contributed by atoms with Crippen molar-refractivity contribution in [1.82, 2.24) is 9.78 Å². The van der Waals surface area contributed by atoms with E-state index in [-0.39, 0.29) is 64.7 Å².